The van der Waals surface area contributed by atoms with Crippen LogP contribution in [-0.2, 0) is 22.3 Å². The maximum atomic E-state index is 6.52. The third kappa shape index (κ3) is 4.91. The summed E-state index contributed by atoms with van der Waals surface area (Å²) in [6.45, 7) is 4.29. The van der Waals surface area contributed by atoms with Gasteiger partial charge < -0.3 is 9.47 Å². The van der Waals surface area contributed by atoms with E-state index in [0.29, 0.717) is 10.1 Å². The van der Waals surface area contributed by atoms with Crippen molar-refractivity contribution in [3.05, 3.63) is 107 Å². The molecule has 7 rings (SSSR count). The zero-order chi connectivity index (χ0) is 28.8. The Balaban J connectivity index is 1.40. The maximum absolute atomic E-state index is 6.52. The molecule has 0 spiro atoms. The van der Waals surface area contributed by atoms with Gasteiger partial charge in [-0.25, -0.2) is 0 Å². The number of hydrogen-bond acceptors (Lipinski definition) is 4. The van der Waals surface area contributed by atoms with Crippen molar-refractivity contribution >= 4 is 56.1 Å². The Morgan fingerprint density at radius 1 is 0.571 bits per heavy atom. The molecule has 5 aromatic carbocycles. The fraction of sp³-hybridized carbons (Fsp3) is 0.263. The first-order chi connectivity index (χ1) is 20.5. The molecule has 0 heterocycles. The molecule has 4 heteroatoms. The summed E-state index contributed by atoms with van der Waals surface area (Å²) in [6, 6.07) is 31.3. The summed E-state index contributed by atoms with van der Waals surface area (Å²) < 4.78 is 13.0. The number of ether oxygens (including phenoxy) is 2. The highest BCUT2D eigenvalue weighted by atomic mass is 32.1. The number of benzene rings is 5. The Labute approximate surface area is 258 Å². The Morgan fingerprint density at radius 2 is 0.952 bits per heavy atom. The number of rotatable bonds is 6. The van der Waals surface area contributed by atoms with Crippen molar-refractivity contribution in [1.29, 1.82) is 0 Å². The van der Waals surface area contributed by atoms with Crippen molar-refractivity contribution in [3.63, 3.8) is 0 Å². The highest BCUT2D eigenvalue weighted by molar-refractivity contribution is 7.80. The van der Waals surface area contributed by atoms with Crippen molar-refractivity contribution in [2.45, 2.75) is 64.6 Å². The first-order valence-electron chi connectivity index (χ1n) is 15.1. The molecular weight excluding hydrogens is 553 g/mol. The van der Waals surface area contributed by atoms with E-state index in [2.05, 4.69) is 98.8 Å². The lowest BCUT2D eigenvalue weighted by Crippen LogP contribution is -2.20. The molecule has 5 aromatic rings. The normalized spacial score (nSPS) is 16.7. The van der Waals surface area contributed by atoms with E-state index in [9.17, 15) is 0 Å². The van der Waals surface area contributed by atoms with Crippen molar-refractivity contribution in [2.75, 3.05) is 0 Å². The average Bonchev–Trinajstić information content (AvgIpc) is 2.99. The molecule has 0 amide bonds. The van der Waals surface area contributed by atoms with Crippen LogP contribution in [0.15, 0.2) is 84.9 Å². The van der Waals surface area contributed by atoms with Gasteiger partial charge in [-0.1, -0.05) is 74.5 Å². The van der Waals surface area contributed by atoms with Gasteiger partial charge in [-0.05, 0) is 116 Å². The molecule has 2 aliphatic carbocycles. The van der Waals surface area contributed by atoms with Gasteiger partial charge in [-0.3, -0.25) is 0 Å². The average molecular weight is 587 g/mol. The largest absolute Gasteiger partial charge is 0.479 e. The van der Waals surface area contributed by atoms with Gasteiger partial charge in [0.05, 0.1) is 0 Å². The van der Waals surface area contributed by atoms with Crippen LogP contribution in [0.5, 0.6) is 0 Å². The van der Waals surface area contributed by atoms with E-state index < -0.39 is 0 Å². The fourth-order valence-corrected chi connectivity index (χ4v) is 7.36. The Bertz CT molecular complexity index is 1730. The van der Waals surface area contributed by atoms with E-state index in [4.69, 9.17) is 33.9 Å². The second-order valence-corrected chi connectivity index (χ2v) is 12.5. The van der Waals surface area contributed by atoms with Crippen LogP contribution in [-0.4, -0.2) is 10.1 Å². The lowest BCUT2D eigenvalue weighted by Gasteiger charge is -2.33. The molecule has 0 aromatic heterocycles. The van der Waals surface area contributed by atoms with E-state index in [1.165, 1.54) is 66.1 Å². The van der Waals surface area contributed by atoms with Crippen LogP contribution >= 0.6 is 24.4 Å². The molecule has 0 aliphatic heterocycles. The minimum Gasteiger partial charge on any atom is -0.479 e. The van der Waals surface area contributed by atoms with Gasteiger partial charge in [0.2, 0.25) is 0 Å². The summed E-state index contributed by atoms with van der Waals surface area (Å²) in [4.78, 5) is 0. The molecule has 2 unspecified atom stereocenters. The smallest absolute Gasteiger partial charge is 0.160 e. The van der Waals surface area contributed by atoms with Gasteiger partial charge in [0.15, 0.2) is 10.1 Å². The van der Waals surface area contributed by atoms with Crippen molar-refractivity contribution in [2.24, 2.45) is 0 Å². The lowest BCUT2D eigenvalue weighted by molar-refractivity contribution is 0.190. The van der Waals surface area contributed by atoms with E-state index in [-0.39, 0.29) is 12.2 Å². The van der Waals surface area contributed by atoms with Crippen molar-refractivity contribution < 1.29 is 9.47 Å². The van der Waals surface area contributed by atoms with E-state index in [0.717, 1.165) is 38.5 Å². The molecule has 2 aliphatic rings. The van der Waals surface area contributed by atoms with E-state index in [1.807, 2.05) is 0 Å². The quantitative estimate of drug-likeness (QED) is 0.184. The van der Waals surface area contributed by atoms with Crippen LogP contribution in [0.1, 0.15) is 74.0 Å². The van der Waals surface area contributed by atoms with Gasteiger partial charge in [-0.2, -0.15) is 0 Å². The molecule has 0 bridgehead atoms. The SMILES string of the molecule is CCCC(=S)OC1Cc2cc3c(cc2-c2cc4ccccc4cc21)CC(OC(=S)CCC)c1cc2ccccc2cc1-3. The van der Waals surface area contributed by atoms with Crippen LogP contribution in [0.4, 0.5) is 0 Å². The van der Waals surface area contributed by atoms with Gasteiger partial charge in [0.1, 0.15) is 12.2 Å². The third-order valence-corrected chi connectivity index (χ3v) is 9.31. The Hall–Kier alpha value is -3.60. The lowest BCUT2D eigenvalue weighted by atomic mass is 9.76. The van der Waals surface area contributed by atoms with Gasteiger partial charge in [0.25, 0.3) is 0 Å². The van der Waals surface area contributed by atoms with Crippen LogP contribution in [0.3, 0.4) is 0 Å². The first-order valence-corrected chi connectivity index (χ1v) is 15.9. The predicted octanol–water partition coefficient (Wildman–Crippen LogP) is 10.8. The maximum Gasteiger partial charge on any atom is 0.160 e. The van der Waals surface area contributed by atoms with E-state index in [1.54, 1.807) is 0 Å². The minimum atomic E-state index is -0.101. The molecule has 0 radical (unpaired) electrons. The van der Waals surface area contributed by atoms with Crippen LogP contribution in [0.2, 0.25) is 0 Å². The second-order valence-electron chi connectivity index (χ2n) is 11.6. The molecule has 0 saturated carbocycles. The summed E-state index contributed by atoms with van der Waals surface area (Å²) in [6.07, 6.45) is 4.95. The second kappa shape index (κ2) is 11.2. The van der Waals surface area contributed by atoms with E-state index >= 15 is 0 Å². The molecule has 0 N–H and O–H groups in total. The van der Waals surface area contributed by atoms with Gasteiger partial charge in [0, 0.05) is 36.8 Å². The first kappa shape index (κ1) is 27.2. The summed E-state index contributed by atoms with van der Waals surface area (Å²) in [7, 11) is 0. The minimum absolute atomic E-state index is 0.101. The predicted molar refractivity (Wildman–Crippen MR) is 182 cm³/mol. The molecule has 2 atom stereocenters. The third-order valence-electron chi connectivity index (χ3n) is 8.71. The standard InChI is InChI=1S/C38H34O2S2/c1-3-9-37(41)39-35-21-27-19-30-28(20-29(27)31-15-23-11-5-7-13-25(23)17-33(31)35)22-36(40-38(42)10-4-2)34-18-26-14-8-6-12-24(26)16-32(30)34/h5-8,11-20,35-36H,3-4,9-10,21-22H2,1-2H3. The van der Waals surface area contributed by atoms with Gasteiger partial charge >= 0.3 is 0 Å². The molecule has 2 nitrogen and oxygen atoms in total. The topological polar surface area (TPSA) is 18.5 Å². The Kier molecular flexibility index (Phi) is 7.29. The number of fused-ring (bicyclic) bond motifs is 8. The van der Waals surface area contributed by atoms with Crippen LogP contribution in [0.25, 0.3) is 43.8 Å². The molecule has 210 valence electrons. The molecule has 0 saturated heterocycles. The summed E-state index contributed by atoms with van der Waals surface area (Å²) in [5, 5.41) is 6.32. The molecule has 0 fully saturated rings. The van der Waals surface area contributed by atoms with Crippen molar-refractivity contribution in [1.82, 2.24) is 0 Å². The fourth-order valence-electron chi connectivity index (χ4n) is 6.72. The Morgan fingerprint density at radius 3 is 1.33 bits per heavy atom. The van der Waals surface area contributed by atoms with Crippen LogP contribution < -0.4 is 0 Å². The zero-order valence-electron chi connectivity index (χ0n) is 24.1. The highest BCUT2D eigenvalue weighted by Gasteiger charge is 2.32. The monoisotopic (exact) mass is 586 g/mol. The van der Waals surface area contributed by atoms with Gasteiger partial charge in [-0.15, -0.1) is 0 Å². The summed E-state index contributed by atoms with van der Waals surface area (Å²) in [5.41, 5.74) is 10.1. The summed E-state index contributed by atoms with van der Waals surface area (Å²) in [5.74, 6) is 0. The zero-order valence-corrected chi connectivity index (χ0v) is 25.7. The highest BCUT2D eigenvalue weighted by Crippen LogP contribution is 2.49. The summed E-state index contributed by atoms with van der Waals surface area (Å²) >= 11 is 11.3. The van der Waals surface area contributed by atoms with Crippen LogP contribution in [0, 0.1) is 0 Å². The number of thiocarbonyl (C=S) groups is 2. The molecular formula is C38H34O2S2. The van der Waals surface area contributed by atoms with Crippen molar-refractivity contribution in [3.8, 4) is 22.3 Å². The number of hydrogen-bond donors (Lipinski definition) is 0. The molecule has 42 heavy (non-hydrogen) atoms.